The molecule has 166 valence electrons. The Morgan fingerprint density at radius 1 is 0.969 bits per heavy atom. The lowest BCUT2D eigenvalue weighted by Gasteiger charge is -2.15. The van der Waals surface area contributed by atoms with Crippen LogP contribution in [0.1, 0.15) is 32.3 Å². The number of hydrogen-bond donors (Lipinski definition) is 3. The van der Waals surface area contributed by atoms with Crippen molar-refractivity contribution in [3.05, 3.63) is 66.5 Å². The third-order valence-electron chi connectivity index (χ3n) is 5.50. The van der Waals surface area contributed by atoms with E-state index in [9.17, 15) is 5.11 Å². The van der Waals surface area contributed by atoms with Crippen molar-refractivity contribution in [2.24, 2.45) is 0 Å². The fourth-order valence-corrected chi connectivity index (χ4v) is 3.63. The standard InChI is InChI=1S/C25H30N6O/c1-3-14-31-17-27-22-23(29-25(30-24(22)31)28-21(4-2)16-32)26-15-18-10-12-20(13-11-18)19-8-6-5-7-9-19/h5-13,17,21,32H,3-4,14-16H2,1-2H3,(H2,26,28,29,30)/t21-/m1/s1. The molecule has 0 radical (unpaired) electrons. The Morgan fingerprint density at radius 3 is 2.41 bits per heavy atom. The quantitative estimate of drug-likeness (QED) is 0.338. The highest BCUT2D eigenvalue weighted by Gasteiger charge is 2.15. The molecule has 1 atom stereocenters. The van der Waals surface area contributed by atoms with Gasteiger partial charge in [0.25, 0.3) is 0 Å². The molecular formula is C25H30N6O. The summed E-state index contributed by atoms with van der Waals surface area (Å²) < 4.78 is 2.04. The summed E-state index contributed by atoms with van der Waals surface area (Å²) in [5, 5.41) is 16.3. The third-order valence-corrected chi connectivity index (χ3v) is 5.50. The first-order chi connectivity index (χ1) is 15.7. The second-order valence-corrected chi connectivity index (χ2v) is 7.85. The molecular weight excluding hydrogens is 400 g/mol. The first-order valence-electron chi connectivity index (χ1n) is 11.2. The Morgan fingerprint density at radius 2 is 1.72 bits per heavy atom. The van der Waals surface area contributed by atoms with Crippen molar-refractivity contribution in [3.63, 3.8) is 0 Å². The second kappa shape index (κ2) is 10.2. The summed E-state index contributed by atoms with van der Waals surface area (Å²) in [6.45, 7) is 5.64. The molecule has 0 aliphatic carbocycles. The van der Waals surface area contributed by atoms with Crippen LogP contribution in [0, 0.1) is 0 Å². The molecule has 2 heterocycles. The minimum absolute atomic E-state index is 0.0304. The zero-order chi connectivity index (χ0) is 22.3. The van der Waals surface area contributed by atoms with Crippen LogP contribution in [-0.2, 0) is 13.1 Å². The first-order valence-corrected chi connectivity index (χ1v) is 11.2. The van der Waals surface area contributed by atoms with Gasteiger partial charge in [0, 0.05) is 13.1 Å². The highest BCUT2D eigenvalue weighted by Crippen LogP contribution is 2.23. The fraction of sp³-hybridized carbons (Fsp3) is 0.320. The maximum atomic E-state index is 9.57. The largest absolute Gasteiger partial charge is 0.394 e. The molecule has 4 rings (SSSR count). The summed E-state index contributed by atoms with van der Waals surface area (Å²) >= 11 is 0. The molecule has 4 aromatic rings. The summed E-state index contributed by atoms with van der Waals surface area (Å²) in [6, 6.07) is 18.8. The van der Waals surface area contributed by atoms with Gasteiger partial charge in [0.15, 0.2) is 17.0 Å². The number of aliphatic hydroxyl groups is 1. The highest BCUT2D eigenvalue weighted by atomic mass is 16.3. The average Bonchev–Trinajstić information content (AvgIpc) is 3.25. The smallest absolute Gasteiger partial charge is 0.227 e. The molecule has 2 aromatic heterocycles. The lowest BCUT2D eigenvalue weighted by molar-refractivity contribution is 0.271. The number of rotatable bonds is 10. The minimum atomic E-state index is -0.0895. The molecule has 0 aliphatic heterocycles. The van der Waals surface area contributed by atoms with Gasteiger partial charge in [-0.2, -0.15) is 9.97 Å². The third kappa shape index (κ3) is 4.89. The van der Waals surface area contributed by atoms with Crippen LogP contribution in [-0.4, -0.2) is 37.3 Å². The number of hydrogen-bond acceptors (Lipinski definition) is 6. The summed E-state index contributed by atoms with van der Waals surface area (Å²) in [5.74, 6) is 1.19. The molecule has 0 saturated heterocycles. The summed E-state index contributed by atoms with van der Waals surface area (Å²) in [4.78, 5) is 13.9. The van der Waals surface area contributed by atoms with Crippen LogP contribution in [0.3, 0.4) is 0 Å². The topological polar surface area (TPSA) is 87.9 Å². The molecule has 2 aromatic carbocycles. The predicted molar refractivity (Wildman–Crippen MR) is 130 cm³/mol. The van der Waals surface area contributed by atoms with E-state index in [1.807, 2.05) is 36.0 Å². The normalized spacial score (nSPS) is 12.1. The summed E-state index contributed by atoms with van der Waals surface area (Å²) in [6.07, 6.45) is 3.58. The van der Waals surface area contributed by atoms with Crippen molar-refractivity contribution in [1.29, 1.82) is 0 Å². The van der Waals surface area contributed by atoms with E-state index < -0.39 is 0 Å². The van der Waals surface area contributed by atoms with Crippen LogP contribution in [0.2, 0.25) is 0 Å². The minimum Gasteiger partial charge on any atom is -0.394 e. The number of aliphatic hydroxyl groups excluding tert-OH is 1. The molecule has 0 saturated carbocycles. The van der Waals surface area contributed by atoms with Gasteiger partial charge in [0.2, 0.25) is 5.95 Å². The van der Waals surface area contributed by atoms with E-state index in [-0.39, 0.29) is 12.6 Å². The van der Waals surface area contributed by atoms with Gasteiger partial charge in [-0.25, -0.2) is 4.98 Å². The SMILES string of the molecule is CCCn1cnc2c(NCc3ccc(-c4ccccc4)cc3)nc(N[C@H](CC)CO)nc21. The second-order valence-electron chi connectivity index (χ2n) is 7.85. The van der Waals surface area contributed by atoms with Crippen molar-refractivity contribution >= 4 is 22.9 Å². The van der Waals surface area contributed by atoms with Crippen molar-refractivity contribution in [3.8, 4) is 11.1 Å². The van der Waals surface area contributed by atoms with Crippen LogP contribution in [0.15, 0.2) is 60.9 Å². The number of benzene rings is 2. The molecule has 0 aliphatic rings. The van der Waals surface area contributed by atoms with Gasteiger partial charge in [0.1, 0.15) is 0 Å². The Labute approximate surface area is 188 Å². The van der Waals surface area contributed by atoms with E-state index >= 15 is 0 Å². The van der Waals surface area contributed by atoms with Crippen LogP contribution < -0.4 is 10.6 Å². The van der Waals surface area contributed by atoms with E-state index in [1.54, 1.807) is 0 Å². The van der Waals surface area contributed by atoms with Crippen LogP contribution in [0.4, 0.5) is 11.8 Å². The van der Waals surface area contributed by atoms with Crippen molar-refractivity contribution in [2.75, 3.05) is 17.2 Å². The lowest BCUT2D eigenvalue weighted by Crippen LogP contribution is -2.24. The number of nitrogens with one attached hydrogen (secondary N) is 2. The first kappa shape index (κ1) is 21.8. The number of imidazole rings is 1. The van der Waals surface area contributed by atoms with Gasteiger partial charge in [-0.05, 0) is 29.5 Å². The van der Waals surface area contributed by atoms with Crippen molar-refractivity contribution in [1.82, 2.24) is 19.5 Å². The summed E-state index contributed by atoms with van der Waals surface area (Å²) in [7, 11) is 0. The molecule has 7 nitrogen and oxygen atoms in total. The number of anilines is 2. The molecule has 0 unspecified atom stereocenters. The van der Waals surface area contributed by atoms with E-state index in [1.165, 1.54) is 11.1 Å². The highest BCUT2D eigenvalue weighted by molar-refractivity contribution is 5.84. The lowest BCUT2D eigenvalue weighted by atomic mass is 10.0. The summed E-state index contributed by atoms with van der Waals surface area (Å²) in [5.41, 5.74) is 5.09. The maximum Gasteiger partial charge on any atom is 0.227 e. The van der Waals surface area contributed by atoms with Crippen LogP contribution in [0.25, 0.3) is 22.3 Å². The molecule has 0 bridgehead atoms. The zero-order valence-corrected chi connectivity index (χ0v) is 18.6. The maximum absolute atomic E-state index is 9.57. The molecule has 32 heavy (non-hydrogen) atoms. The Kier molecular flexibility index (Phi) is 6.97. The molecule has 0 amide bonds. The monoisotopic (exact) mass is 430 g/mol. The Balaban J connectivity index is 1.57. The van der Waals surface area contributed by atoms with Crippen LogP contribution >= 0.6 is 0 Å². The number of aromatic nitrogens is 4. The number of nitrogens with zero attached hydrogens (tertiary/aromatic N) is 4. The van der Waals surface area contributed by atoms with E-state index in [4.69, 9.17) is 0 Å². The van der Waals surface area contributed by atoms with E-state index in [0.29, 0.717) is 18.3 Å². The van der Waals surface area contributed by atoms with Gasteiger partial charge in [0.05, 0.1) is 19.0 Å². The predicted octanol–water partition coefficient (Wildman–Crippen LogP) is 4.70. The van der Waals surface area contributed by atoms with Gasteiger partial charge in [-0.1, -0.05) is 68.4 Å². The van der Waals surface area contributed by atoms with Gasteiger partial charge in [-0.15, -0.1) is 0 Å². The van der Waals surface area contributed by atoms with Crippen LogP contribution in [0.5, 0.6) is 0 Å². The number of fused-ring (bicyclic) bond motifs is 1. The number of aryl methyl sites for hydroxylation is 1. The Hall–Kier alpha value is -3.45. The van der Waals surface area contributed by atoms with E-state index in [2.05, 4.69) is 68.9 Å². The Bertz CT molecular complexity index is 1140. The zero-order valence-electron chi connectivity index (χ0n) is 18.6. The fourth-order valence-electron chi connectivity index (χ4n) is 3.63. The average molecular weight is 431 g/mol. The molecule has 7 heteroatoms. The molecule has 0 fully saturated rings. The van der Waals surface area contributed by atoms with Gasteiger partial charge in [-0.3, -0.25) is 0 Å². The van der Waals surface area contributed by atoms with Gasteiger partial charge < -0.3 is 20.3 Å². The molecule has 3 N–H and O–H groups in total. The van der Waals surface area contributed by atoms with E-state index in [0.717, 1.165) is 36.1 Å². The molecule has 0 spiro atoms. The van der Waals surface area contributed by atoms with Crippen molar-refractivity contribution < 1.29 is 5.11 Å². The van der Waals surface area contributed by atoms with Crippen molar-refractivity contribution in [2.45, 2.75) is 45.8 Å². The van der Waals surface area contributed by atoms with Gasteiger partial charge >= 0.3 is 0 Å².